The van der Waals surface area contributed by atoms with E-state index in [2.05, 4.69) is 10.6 Å². The Balaban J connectivity index is 1.88. The van der Waals surface area contributed by atoms with Gasteiger partial charge >= 0.3 is 0 Å². The van der Waals surface area contributed by atoms with Crippen molar-refractivity contribution in [1.82, 2.24) is 5.32 Å². The number of anilines is 2. The zero-order valence-corrected chi connectivity index (χ0v) is 21.3. The molecule has 2 N–H and O–H groups in total. The normalized spacial score (nSPS) is 11.0. The maximum absolute atomic E-state index is 13.5. The zero-order valence-electron chi connectivity index (χ0n) is 19.7. The van der Waals surface area contributed by atoms with Crippen molar-refractivity contribution in [1.29, 1.82) is 0 Å². The molecule has 190 valence electrons. The van der Waals surface area contributed by atoms with Crippen LogP contribution in [0.25, 0.3) is 0 Å². The third-order valence-corrected chi connectivity index (χ3v) is 7.13. The first kappa shape index (κ1) is 27.0. The molecule has 0 atom stereocenters. The van der Waals surface area contributed by atoms with Crippen LogP contribution in [-0.2, 0) is 19.6 Å². The number of halogens is 1. The van der Waals surface area contributed by atoms with Gasteiger partial charge in [-0.1, -0.05) is 23.7 Å². The van der Waals surface area contributed by atoms with Gasteiger partial charge in [0.25, 0.3) is 15.9 Å². The molecule has 0 bridgehead atoms. The van der Waals surface area contributed by atoms with Crippen LogP contribution in [0.1, 0.15) is 10.4 Å². The molecule has 36 heavy (non-hydrogen) atoms. The molecule has 11 heteroatoms. The summed E-state index contributed by atoms with van der Waals surface area (Å²) in [5, 5.41) is 5.76. The van der Waals surface area contributed by atoms with Crippen molar-refractivity contribution in [3.63, 3.8) is 0 Å². The van der Waals surface area contributed by atoms with E-state index in [1.165, 1.54) is 62.8 Å². The fourth-order valence-electron chi connectivity index (χ4n) is 3.27. The molecule has 0 heterocycles. The van der Waals surface area contributed by atoms with Crippen molar-refractivity contribution < 1.29 is 27.5 Å². The van der Waals surface area contributed by atoms with Crippen LogP contribution in [0.4, 0.5) is 11.4 Å². The van der Waals surface area contributed by atoms with Crippen LogP contribution in [0.5, 0.6) is 5.75 Å². The van der Waals surface area contributed by atoms with Crippen LogP contribution in [0, 0.1) is 0 Å². The predicted octanol–water partition coefficient (Wildman–Crippen LogP) is 3.56. The average Bonchev–Trinajstić information content (AvgIpc) is 2.88. The molecule has 0 saturated heterocycles. The Morgan fingerprint density at radius 2 is 1.61 bits per heavy atom. The minimum absolute atomic E-state index is 0.0241. The Morgan fingerprint density at radius 3 is 2.25 bits per heavy atom. The van der Waals surface area contributed by atoms with Crippen LogP contribution in [-0.4, -0.2) is 54.1 Å². The predicted molar refractivity (Wildman–Crippen MR) is 138 cm³/mol. The van der Waals surface area contributed by atoms with Crippen LogP contribution in [0.15, 0.2) is 77.7 Å². The van der Waals surface area contributed by atoms with Gasteiger partial charge in [0.15, 0.2) is 0 Å². The van der Waals surface area contributed by atoms with Gasteiger partial charge in [0.2, 0.25) is 5.91 Å². The summed E-state index contributed by atoms with van der Waals surface area (Å²) in [6.45, 7) is 0.0806. The van der Waals surface area contributed by atoms with Gasteiger partial charge in [-0.3, -0.25) is 13.9 Å². The number of hydrogen-bond donors (Lipinski definition) is 2. The van der Waals surface area contributed by atoms with Gasteiger partial charge < -0.3 is 20.1 Å². The lowest BCUT2D eigenvalue weighted by Gasteiger charge is -2.24. The fraction of sp³-hybridized carbons (Fsp3) is 0.200. The zero-order chi connectivity index (χ0) is 26.1. The van der Waals surface area contributed by atoms with Gasteiger partial charge in [0.1, 0.15) is 12.3 Å². The maximum atomic E-state index is 13.5. The van der Waals surface area contributed by atoms with Crippen molar-refractivity contribution in [2.75, 3.05) is 43.5 Å². The van der Waals surface area contributed by atoms with Gasteiger partial charge in [-0.2, -0.15) is 0 Å². The molecular formula is C25H26ClN3O6S. The van der Waals surface area contributed by atoms with E-state index in [4.69, 9.17) is 21.1 Å². The van der Waals surface area contributed by atoms with Crippen LogP contribution >= 0.6 is 11.6 Å². The molecule has 0 aliphatic carbocycles. The first-order chi connectivity index (χ1) is 17.3. The Bertz CT molecular complexity index is 1300. The number of nitrogens with zero attached hydrogens (tertiary/aromatic N) is 1. The standard InChI is InChI=1S/C25H26ClN3O6S/c1-34-16-15-27-25(31)22-5-3-4-6-23(22)28-24(30)17-29(19-9-7-18(26)8-10-19)36(32,33)21-13-11-20(35-2)12-14-21/h3-14H,15-17H2,1-2H3,(H,27,31)(H,28,30). The second kappa shape index (κ2) is 12.4. The number of carbonyl (C=O) groups excluding carboxylic acids is 2. The summed E-state index contributed by atoms with van der Waals surface area (Å²) in [5.74, 6) is -0.548. The molecule has 0 aliphatic heterocycles. The third kappa shape index (κ3) is 6.75. The quantitative estimate of drug-likeness (QED) is 0.366. The van der Waals surface area contributed by atoms with Crippen molar-refractivity contribution in [3.05, 3.63) is 83.4 Å². The first-order valence-corrected chi connectivity index (χ1v) is 12.7. The van der Waals surface area contributed by atoms with Crippen molar-refractivity contribution >= 4 is 44.8 Å². The second-order valence-electron chi connectivity index (χ2n) is 7.51. The lowest BCUT2D eigenvalue weighted by atomic mass is 10.1. The summed E-state index contributed by atoms with van der Waals surface area (Å²) < 4.78 is 38.1. The monoisotopic (exact) mass is 531 g/mol. The number of amides is 2. The van der Waals surface area contributed by atoms with Crippen LogP contribution in [0.2, 0.25) is 5.02 Å². The number of benzene rings is 3. The van der Waals surface area contributed by atoms with Gasteiger partial charge in [-0.05, 0) is 60.7 Å². The molecule has 0 unspecified atom stereocenters. The topological polar surface area (TPSA) is 114 Å². The Kier molecular flexibility index (Phi) is 9.29. The van der Waals surface area contributed by atoms with E-state index in [9.17, 15) is 18.0 Å². The van der Waals surface area contributed by atoms with E-state index in [-0.39, 0.29) is 21.8 Å². The fourth-order valence-corrected chi connectivity index (χ4v) is 4.82. The van der Waals surface area contributed by atoms with Crippen LogP contribution < -0.4 is 19.7 Å². The Labute approximate surface area is 215 Å². The maximum Gasteiger partial charge on any atom is 0.264 e. The number of sulfonamides is 1. The second-order valence-corrected chi connectivity index (χ2v) is 9.80. The summed E-state index contributed by atoms with van der Waals surface area (Å²) in [5.41, 5.74) is 0.726. The highest BCUT2D eigenvalue weighted by molar-refractivity contribution is 7.92. The minimum Gasteiger partial charge on any atom is -0.497 e. The number of rotatable bonds is 11. The molecule has 0 aromatic heterocycles. The van der Waals surface area contributed by atoms with E-state index < -0.39 is 28.4 Å². The molecule has 0 fully saturated rings. The van der Waals surface area contributed by atoms with Gasteiger partial charge in [0.05, 0.1) is 35.6 Å². The number of hydrogen-bond acceptors (Lipinski definition) is 6. The molecule has 3 rings (SSSR count). The van der Waals surface area contributed by atoms with E-state index in [1.54, 1.807) is 24.3 Å². The van der Waals surface area contributed by atoms with Crippen molar-refractivity contribution in [2.45, 2.75) is 4.90 Å². The smallest absolute Gasteiger partial charge is 0.264 e. The largest absolute Gasteiger partial charge is 0.497 e. The van der Waals surface area contributed by atoms with Gasteiger partial charge in [-0.15, -0.1) is 0 Å². The molecule has 0 spiro atoms. The molecule has 3 aromatic rings. The van der Waals surface area contributed by atoms with E-state index >= 15 is 0 Å². The van der Waals surface area contributed by atoms with Gasteiger partial charge in [-0.25, -0.2) is 8.42 Å². The highest BCUT2D eigenvalue weighted by atomic mass is 35.5. The minimum atomic E-state index is -4.14. The Hall–Kier alpha value is -3.60. The lowest BCUT2D eigenvalue weighted by Crippen LogP contribution is -2.38. The number of nitrogens with one attached hydrogen (secondary N) is 2. The third-order valence-electron chi connectivity index (χ3n) is 5.09. The summed E-state index contributed by atoms with van der Waals surface area (Å²) >= 11 is 5.98. The molecule has 0 saturated carbocycles. The average molecular weight is 532 g/mol. The van der Waals surface area contributed by atoms with E-state index in [1.807, 2.05) is 0 Å². The Morgan fingerprint density at radius 1 is 0.944 bits per heavy atom. The number of carbonyl (C=O) groups is 2. The molecule has 3 aromatic carbocycles. The highest BCUT2D eigenvalue weighted by Gasteiger charge is 2.28. The van der Waals surface area contributed by atoms with Gasteiger partial charge in [0, 0.05) is 18.7 Å². The van der Waals surface area contributed by atoms with E-state index in [0.717, 1.165) is 4.31 Å². The molecular weight excluding hydrogens is 506 g/mol. The van der Waals surface area contributed by atoms with Crippen molar-refractivity contribution in [2.24, 2.45) is 0 Å². The molecule has 2 amide bonds. The molecule has 0 radical (unpaired) electrons. The first-order valence-electron chi connectivity index (χ1n) is 10.8. The number of para-hydroxylation sites is 1. The molecule has 9 nitrogen and oxygen atoms in total. The number of methoxy groups -OCH3 is 2. The summed E-state index contributed by atoms with van der Waals surface area (Å²) in [6.07, 6.45) is 0. The summed E-state index contributed by atoms with van der Waals surface area (Å²) in [7, 11) is -1.14. The van der Waals surface area contributed by atoms with Crippen molar-refractivity contribution in [3.8, 4) is 5.75 Å². The van der Waals surface area contributed by atoms with E-state index in [0.29, 0.717) is 23.9 Å². The van der Waals surface area contributed by atoms with Crippen LogP contribution in [0.3, 0.4) is 0 Å². The number of ether oxygens (including phenoxy) is 2. The summed E-state index contributed by atoms with van der Waals surface area (Å²) in [6, 6.07) is 18.4. The lowest BCUT2D eigenvalue weighted by molar-refractivity contribution is -0.114. The SMILES string of the molecule is COCCNC(=O)c1ccccc1NC(=O)CN(c1ccc(Cl)cc1)S(=O)(=O)c1ccc(OC)cc1. The summed E-state index contributed by atoms with van der Waals surface area (Å²) in [4.78, 5) is 25.6. The highest BCUT2D eigenvalue weighted by Crippen LogP contribution is 2.26. The molecule has 0 aliphatic rings.